The standard InChI is InChI=1S/C22H21ClN2O5S/c1-13(20(26)24-11-15-6-4-5-7-16(15)23)30-22(27)17-12-31-21(25-17)14-8-9-18(28-2)19(10-14)29-3/h4-10,12-13H,11H2,1-3H3,(H,24,26). The highest BCUT2D eigenvalue weighted by atomic mass is 35.5. The summed E-state index contributed by atoms with van der Waals surface area (Å²) in [6.45, 7) is 1.74. The number of hydrogen-bond acceptors (Lipinski definition) is 7. The Morgan fingerprint density at radius 1 is 1.13 bits per heavy atom. The van der Waals surface area contributed by atoms with Crippen molar-refractivity contribution >= 4 is 34.8 Å². The van der Waals surface area contributed by atoms with E-state index < -0.39 is 18.0 Å². The molecule has 0 spiro atoms. The van der Waals surface area contributed by atoms with E-state index in [9.17, 15) is 9.59 Å². The zero-order valence-corrected chi connectivity index (χ0v) is 18.8. The van der Waals surface area contributed by atoms with Crippen LogP contribution in [0.15, 0.2) is 47.8 Å². The van der Waals surface area contributed by atoms with Crippen molar-refractivity contribution in [1.82, 2.24) is 10.3 Å². The molecule has 162 valence electrons. The van der Waals surface area contributed by atoms with Crippen LogP contribution in [0.25, 0.3) is 10.6 Å². The van der Waals surface area contributed by atoms with E-state index in [0.29, 0.717) is 21.5 Å². The Kier molecular flexibility index (Phi) is 7.49. The van der Waals surface area contributed by atoms with Gasteiger partial charge in [-0.05, 0) is 36.8 Å². The zero-order chi connectivity index (χ0) is 22.4. The van der Waals surface area contributed by atoms with E-state index in [1.54, 1.807) is 37.8 Å². The minimum Gasteiger partial charge on any atom is -0.493 e. The lowest BCUT2D eigenvalue weighted by molar-refractivity contribution is -0.129. The third-order valence-electron chi connectivity index (χ3n) is 4.41. The number of carbonyl (C=O) groups is 2. The van der Waals surface area contributed by atoms with Crippen LogP contribution in [-0.4, -0.2) is 37.2 Å². The van der Waals surface area contributed by atoms with Crippen LogP contribution in [0.4, 0.5) is 0 Å². The topological polar surface area (TPSA) is 86.8 Å². The van der Waals surface area contributed by atoms with Crippen molar-refractivity contribution in [2.45, 2.75) is 19.6 Å². The molecule has 2 aromatic carbocycles. The average molecular weight is 461 g/mol. The molecule has 1 N–H and O–H groups in total. The number of nitrogens with one attached hydrogen (secondary N) is 1. The molecular weight excluding hydrogens is 440 g/mol. The van der Waals surface area contributed by atoms with Crippen LogP contribution in [0, 0.1) is 0 Å². The van der Waals surface area contributed by atoms with E-state index in [2.05, 4.69) is 10.3 Å². The predicted octanol–water partition coefficient (Wildman–Crippen LogP) is 4.34. The highest BCUT2D eigenvalue weighted by Crippen LogP contribution is 2.33. The summed E-state index contributed by atoms with van der Waals surface area (Å²) in [7, 11) is 3.10. The first-order valence-electron chi connectivity index (χ1n) is 9.33. The Bertz CT molecular complexity index is 1090. The first-order valence-corrected chi connectivity index (χ1v) is 10.6. The third kappa shape index (κ3) is 5.53. The molecule has 1 heterocycles. The second-order valence-electron chi connectivity index (χ2n) is 6.46. The second-order valence-corrected chi connectivity index (χ2v) is 7.73. The number of aromatic nitrogens is 1. The highest BCUT2D eigenvalue weighted by molar-refractivity contribution is 7.13. The van der Waals surface area contributed by atoms with E-state index in [-0.39, 0.29) is 12.2 Å². The molecule has 0 saturated heterocycles. The van der Waals surface area contributed by atoms with Gasteiger partial charge in [0.2, 0.25) is 0 Å². The molecule has 0 radical (unpaired) electrons. The fraction of sp³-hybridized carbons (Fsp3) is 0.227. The summed E-state index contributed by atoms with van der Waals surface area (Å²) in [4.78, 5) is 29.0. The molecule has 0 saturated carbocycles. The van der Waals surface area contributed by atoms with Gasteiger partial charge in [0.25, 0.3) is 5.91 Å². The van der Waals surface area contributed by atoms with Crippen molar-refractivity contribution in [3.8, 4) is 22.1 Å². The number of methoxy groups -OCH3 is 2. The number of hydrogen-bond donors (Lipinski definition) is 1. The summed E-state index contributed by atoms with van der Waals surface area (Å²) in [5.74, 6) is 0.0502. The fourth-order valence-electron chi connectivity index (χ4n) is 2.71. The van der Waals surface area contributed by atoms with Gasteiger partial charge in [-0.2, -0.15) is 0 Å². The number of thiazole rings is 1. The number of benzene rings is 2. The van der Waals surface area contributed by atoms with Crippen molar-refractivity contribution in [3.63, 3.8) is 0 Å². The molecule has 0 aliphatic rings. The van der Waals surface area contributed by atoms with E-state index >= 15 is 0 Å². The number of esters is 1. The molecule has 1 amide bonds. The van der Waals surface area contributed by atoms with Gasteiger partial charge in [-0.3, -0.25) is 4.79 Å². The minimum atomic E-state index is -0.985. The van der Waals surface area contributed by atoms with Crippen LogP contribution in [0.5, 0.6) is 11.5 Å². The maximum atomic E-state index is 12.4. The Balaban J connectivity index is 1.61. The van der Waals surface area contributed by atoms with Crippen LogP contribution in [0.2, 0.25) is 5.02 Å². The second kappa shape index (κ2) is 10.3. The molecule has 3 aromatic rings. The van der Waals surface area contributed by atoms with Crippen molar-refractivity contribution in [1.29, 1.82) is 0 Å². The Labute approximate surface area is 188 Å². The molecule has 7 nitrogen and oxygen atoms in total. The summed E-state index contributed by atoms with van der Waals surface area (Å²) in [5, 5.41) is 5.46. The molecule has 0 fully saturated rings. The lowest BCUT2D eigenvalue weighted by Crippen LogP contribution is -2.35. The molecule has 1 unspecified atom stereocenters. The SMILES string of the molecule is COc1ccc(-c2nc(C(=O)OC(C)C(=O)NCc3ccccc3Cl)cs2)cc1OC. The van der Waals surface area contributed by atoms with Crippen LogP contribution >= 0.6 is 22.9 Å². The summed E-state index contributed by atoms with van der Waals surface area (Å²) >= 11 is 7.37. The van der Waals surface area contributed by atoms with Gasteiger partial charge in [-0.1, -0.05) is 29.8 Å². The van der Waals surface area contributed by atoms with Crippen LogP contribution in [0.3, 0.4) is 0 Å². The quantitative estimate of drug-likeness (QED) is 0.503. The van der Waals surface area contributed by atoms with E-state index in [1.165, 1.54) is 18.3 Å². The van der Waals surface area contributed by atoms with Gasteiger partial charge in [0.1, 0.15) is 5.01 Å². The number of halogens is 1. The van der Waals surface area contributed by atoms with Crippen LogP contribution in [0.1, 0.15) is 23.0 Å². The van der Waals surface area contributed by atoms with Gasteiger partial charge in [-0.25, -0.2) is 9.78 Å². The minimum absolute atomic E-state index is 0.125. The summed E-state index contributed by atoms with van der Waals surface area (Å²) in [6, 6.07) is 12.5. The third-order valence-corrected chi connectivity index (χ3v) is 5.67. The van der Waals surface area contributed by atoms with Crippen molar-refractivity contribution in [3.05, 3.63) is 64.1 Å². The predicted molar refractivity (Wildman–Crippen MR) is 119 cm³/mol. The van der Waals surface area contributed by atoms with Crippen LogP contribution in [-0.2, 0) is 16.1 Å². The van der Waals surface area contributed by atoms with Gasteiger partial charge in [0, 0.05) is 22.5 Å². The van der Waals surface area contributed by atoms with Gasteiger partial charge in [-0.15, -0.1) is 11.3 Å². The molecular formula is C22H21ClN2O5S. The van der Waals surface area contributed by atoms with Crippen molar-refractivity contribution < 1.29 is 23.8 Å². The van der Waals surface area contributed by atoms with Crippen LogP contribution < -0.4 is 14.8 Å². The zero-order valence-electron chi connectivity index (χ0n) is 17.2. The molecule has 1 aromatic heterocycles. The number of carbonyl (C=O) groups excluding carboxylic acids is 2. The van der Waals surface area contributed by atoms with E-state index in [0.717, 1.165) is 11.1 Å². The Morgan fingerprint density at radius 2 is 1.87 bits per heavy atom. The lowest BCUT2D eigenvalue weighted by atomic mass is 10.2. The number of amides is 1. The average Bonchev–Trinajstić information content (AvgIpc) is 3.28. The molecule has 3 rings (SSSR count). The maximum absolute atomic E-state index is 12.4. The first-order chi connectivity index (χ1) is 14.9. The number of rotatable bonds is 8. The van der Waals surface area contributed by atoms with Gasteiger partial charge < -0.3 is 19.5 Å². The summed E-state index contributed by atoms with van der Waals surface area (Å²) < 4.78 is 15.8. The van der Waals surface area contributed by atoms with Gasteiger partial charge >= 0.3 is 5.97 Å². The number of ether oxygens (including phenoxy) is 3. The Morgan fingerprint density at radius 3 is 2.58 bits per heavy atom. The van der Waals surface area contributed by atoms with Crippen molar-refractivity contribution in [2.24, 2.45) is 0 Å². The summed E-state index contributed by atoms with van der Waals surface area (Å²) in [6.07, 6.45) is -0.985. The highest BCUT2D eigenvalue weighted by Gasteiger charge is 2.21. The van der Waals surface area contributed by atoms with E-state index in [1.807, 2.05) is 24.3 Å². The normalized spacial score (nSPS) is 11.5. The van der Waals surface area contributed by atoms with Crippen molar-refractivity contribution in [2.75, 3.05) is 14.2 Å². The summed E-state index contributed by atoms with van der Waals surface area (Å²) in [5.41, 5.74) is 1.67. The fourth-order valence-corrected chi connectivity index (χ4v) is 3.70. The smallest absolute Gasteiger partial charge is 0.358 e. The molecule has 1 atom stereocenters. The molecule has 0 aliphatic heterocycles. The molecule has 0 bridgehead atoms. The molecule has 0 aliphatic carbocycles. The monoisotopic (exact) mass is 460 g/mol. The number of nitrogens with zero attached hydrogens (tertiary/aromatic N) is 1. The first kappa shape index (κ1) is 22.6. The van der Waals surface area contributed by atoms with Gasteiger partial charge in [0.05, 0.1) is 14.2 Å². The molecule has 31 heavy (non-hydrogen) atoms. The molecule has 9 heteroatoms. The Hall–Kier alpha value is -3.10. The largest absolute Gasteiger partial charge is 0.493 e. The maximum Gasteiger partial charge on any atom is 0.358 e. The van der Waals surface area contributed by atoms with Gasteiger partial charge in [0.15, 0.2) is 23.3 Å². The lowest BCUT2D eigenvalue weighted by Gasteiger charge is -2.13. The van der Waals surface area contributed by atoms with E-state index in [4.69, 9.17) is 25.8 Å².